The molecule has 3 amide bonds. The third-order valence-electron chi connectivity index (χ3n) is 5.94. The summed E-state index contributed by atoms with van der Waals surface area (Å²) in [5.41, 5.74) is 3.94. The van der Waals surface area contributed by atoms with Crippen LogP contribution in [0.3, 0.4) is 0 Å². The molecule has 4 rings (SSSR count). The highest BCUT2D eigenvalue weighted by Crippen LogP contribution is 2.26. The average molecular weight is 405 g/mol. The standard InChI is InChI=1S/C24H27N3O3/c1-2-17-5-9-21(10-6-17)27-16-19(14-23(27)29)24(30)25-15-18-7-11-20(12-8-18)26-13-3-4-22(26)28/h5-12,19H,2-4,13-16H2,1H3,(H,25,30)/t19-/m1/s1. The molecule has 1 N–H and O–H groups in total. The monoisotopic (exact) mass is 405 g/mol. The molecule has 2 aromatic rings. The summed E-state index contributed by atoms with van der Waals surface area (Å²) in [4.78, 5) is 40.4. The number of anilines is 2. The maximum absolute atomic E-state index is 12.6. The van der Waals surface area contributed by atoms with Gasteiger partial charge in [-0.05, 0) is 48.2 Å². The van der Waals surface area contributed by atoms with Gasteiger partial charge in [0, 0.05) is 43.9 Å². The molecule has 0 radical (unpaired) electrons. The van der Waals surface area contributed by atoms with Crippen molar-refractivity contribution >= 4 is 29.1 Å². The molecule has 30 heavy (non-hydrogen) atoms. The van der Waals surface area contributed by atoms with Gasteiger partial charge in [-0.15, -0.1) is 0 Å². The summed E-state index contributed by atoms with van der Waals surface area (Å²) in [6.07, 6.45) is 2.69. The van der Waals surface area contributed by atoms with E-state index in [4.69, 9.17) is 0 Å². The number of nitrogens with zero attached hydrogens (tertiary/aromatic N) is 2. The van der Waals surface area contributed by atoms with Gasteiger partial charge in [-0.3, -0.25) is 14.4 Å². The molecular weight excluding hydrogens is 378 g/mol. The van der Waals surface area contributed by atoms with Crippen LogP contribution in [0.4, 0.5) is 11.4 Å². The number of carbonyl (C=O) groups is 3. The molecular formula is C24H27N3O3. The Morgan fingerprint density at radius 2 is 1.57 bits per heavy atom. The Labute approximate surface area is 176 Å². The van der Waals surface area contributed by atoms with Crippen LogP contribution >= 0.6 is 0 Å². The van der Waals surface area contributed by atoms with Crippen LogP contribution in [0.15, 0.2) is 48.5 Å². The van der Waals surface area contributed by atoms with Crippen molar-refractivity contribution in [3.05, 3.63) is 59.7 Å². The predicted molar refractivity (Wildman–Crippen MR) is 116 cm³/mol. The minimum Gasteiger partial charge on any atom is -0.352 e. The van der Waals surface area contributed by atoms with Crippen molar-refractivity contribution in [2.45, 2.75) is 39.2 Å². The normalized spacial score (nSPS) is 18.9. The maximum atomic E-state index is 12.6. The summed E-state index contributed by atoms with van der Waals surface area (Å²) >= 11 is 0. The average Bonchev–Trinajstić information content (AvgIpc) is 3.38. The molecule has 2 aromatic carbocycles. The van der Waals surface area contributed by atoms with E-state index in [0.29, 0.717) is 19.5 Å². The first-order valence-electron chi connectivity index (χ1n) is 10.6. The second kappa shape index (κ2) is 8.69. The van der Waals surface area contributed by atoms with Gasteiger partial charge in [0.25, 0.3) is 0 Å². The van der Waals surface area contributed by atoms with Crippen LogP contribution in [0.5, 0.6) is 0 Å². The van der Waals surface area contributed by atoms with Gasteiger partial charge in [0.05, 0.1) is 5.92 Å². The first-order chi connectivity index (χ1) is 14.5. The lowest BCUT2D eigenvalue weighted by atomic mass is 10.1. The summed E-state index contributed by atoms with van der Waals surface area (Å²) in [5, 5.41) is 2.95. The zero-order valence-corrected chi connectivity index (χ0v) is 17.3. The molecule has 156 valence electrons. The van der Waals surface area contributed by atoms with E-state index in [9.17, 15) is 14.4 Å². The van der Waals surface area contributed by atoms with Crippen LogP contribution in [0.2, 0.25) is 0 Å². The number of aryl methyl sites for hydroxylation is 1. The molecule has 6 heteroatoms. The molecule has 2 fully saturated rings. The molecule has 2 aliphatic heterocycles. The van der Waals surface area contributed by atoms with Crippen molar-refractivity contribution in [1.29, 1.82) is 0 Å². The molecule has 2 heterocycles. The lowest BCUT2D eigenvalue weighted by molar-refractivity contribution is -0.126. The fourth-order valence-electron chi connectivity index (χ4n) is 4.09. The highest BCUT2D eigenvalue weighted by Gasteiger charge is 2.35. The molecule has 0 spiro atoms. The van der Waals surface area contributed by atoms with E-state index in [0.717, 1.165) is 36.3 Å². The van der Waals surface area contributed by atoms with Gasteiger partial charge in [-0.25, -0.2) is 0 Å². The van der Waals surface area contributed by atoms with Crippen LogP contribution in [-0.2, 0) is 27.3 Å². The van der Waals surface area contributed by atoms with E-state index in [2.05, 4.69) is 12.2 Å². The van der Waals surface area contributed by atoms with Gasteiger partial charge in [-0.2, -0.15) is 0 Å². The molecule has 0 aliphatic carbocycles. The lowest BCUT2D eigenvalue weighted by Crippen LogP contribution is -2.32. The Balaban J connectivity index is 1.32. The lowest BCUT2D eigenvalue weighted by Gasteiger charge is -2.17. The highest BCUT2D eigenvalue weighted by molar-refractivity contribution is 6.00. The van der Waals surface area contributed by atoms with Crippen molar-refractivity contribution in [2.75, 3.05) is 22.9 Å². The molecule has 0 unspecified atom stereocenters. The number of nitrogens with one attached hydrogen (secondary N) is 1. The van der Waals surface area contributed by atoms with Gasteiger partial charge in [0.2, 0.25) is 17.7 Å². The third kappa shape index (κ3) is 4.22. The molecule has 0 aromatic heterocycles. The van der Waals surface area contributed by atoms with Gasteiger partial charge in [-0.1, -0.05) is 31.2 Å². The summed E-state index contributed by atoms with van der Waals surface area (Å²) in [5.74, 6) is -0.297. The maximum Gasteiger partial charge on any atom is 0.227 e. The Bertz CT molecular complexity index is 937. The van der Waals surface area contributed by atoms with E-state index in [-0.39, 0.29) is 30.1 Å². The minimum atomic E-state index is -0.343. The second-order valence-corrected chi connectivity index (χ2v) is 7.96. The third-order valence-corrected chi connectivity index (χ3v) is 5.94. The van der Waals surface area contributed by atoms with E-state index in [1.54, 1.807) is 9.80 Å². The number of rotatable bonds is 6. The quantitative estimate of drug-likeness (QED) is 0.803. The van der Waals surface area contributed by atoms with Crippen LogP contribution in [0.25, 0.3) is 0 Å². The van der Waals surface area contributed by atoms with E-state index in [1.807, 2.05) is 48.5 Å². The zero-order valence-electron chi connectivity index (χ0n) is 17.3. The smallest absolute Gasteiger partial charge is 0.227 e. The van der Waals surface area contributed by atoms with E-state index in [1.165, 1.54) is 5.56 Å². The van der Waals surface area contributed by atoms with Crippen LogP contribution in [-0.4, -0.2) is 30.8 Å². The topological polar surface area (TPSA) is 69.7 Å². The molecule has 0 saturated carbocycles. The summed E-state index contributed by atoms with van der Waals surface area (Å²) in [6, 6.07) is 15.7. The van der Waals surface area contributed by atoms with Crippen LogP contribution in [0.1, 0.15) is 37.3 Å². The summed E-state index contributed by atoms with van der Waals surface area (Å²) < 4.78 is 0. The largest absolute Gasteiger partial charge is 0.352 e. The number of carbonyl (C=O) groups excluding carboxylic acids is 3. The zero-order chi connectivity index (χ0) is 21.1. The number of amides is 3. The predicted octanol–water partition coefficient (Wildman–Crippen LogP) is 3.05. The Kier molecular flexibility index (Phi) is 5.84. The first-order valence-corrected chi connectivity index (χ1v) is 10.6. The van der Waals surface area contributed by atoms with Crippen LogP contribution < -0.4 is 15.1 Å². The van der Waals surface area contributed by atoms with Gasteiger partial charge >= 0.3 is 0 Å². The molecule has 0 bridgehead atoms. The Hall–Kier alpha value is -3.15. The van der Waals surface area contributed by atoms with Gasteiger partial charge < -0.3 is 15.1 Å². The fraction of sp³-hybridized carbons (Fsp3) is 0.375. The van der Waals surface area contributed by atoms with E-state index < -0.39 is 0 Å². The summed E-state index contributed by atoms with van der Waals surface area (Å²) in [6.45, 7) is 3.67. The van der Waals surface area contributed by atoms with Gasteiger partial charge in [0.1, 0.15) is 0 Å². The number of benzene rings is 2. The van der Waals surface area contributed by atoms with Crippen molar-refractivity contribution in [3.8, 4) is 0 Å². The fourth-order valence-corrected chi connectivity index (χ4v) is 4.09. The highest BCUT2D eigenvalue weighted by atomic mass is 16.2. The molecule has 2 saturated heterocycles. The molecule has 2 aliphatic rings. The van der Waals surface area contributed by atoms with Crippen LogP contribution in [0, 0.1) is 5.92 Å². The van der Waals surface area contributed by atoms with Gasteiger partial charge in [0.15, 0.2) is 0 Å². The number of hydrogen-bond acceptors (Lipinski definition) is 3. The summed E-state index contributed by atoms with van der Waals surface area (Å²) in [7, 11) is 0. The first kappa shape index (κ1) is 20.1. The van der Waals surface area contributed by atoms with Crippen molar-refractivity contribution in [2.24, 2.45) is 5.92 Å². The Morgan fingerprint density at radius 3 is 2.17 bits per heavy atom. The van der Waals surface area contributed by atoms with Crippen molar-refractivity contribution in [3.63, 3.8) is 0 Å². The Morgan fingerprint density at radius 1 is 0.933 bits per heavy atom. The SMILES string of the molecule is CCc1ccc(N2C[C@H](C(=O)NCc3ccc(N4CCCC4=O)cc3)CC2=O)cc1. The van der Waals surface area contributed by atoms with Crippen molar-refractivity contribution < 1.29 is 14.4 Å². The number of hydrogen-bond donors (Lipinski definition) is 1. The molecule has 1 atom stereocenters. The van der Waals surface area contributed by atoms with Crippen molar-refractivity contribution in [1.82, 2.24) is 5.32 Å². The molecule has 6 nitrogen and oxygen atoms in total. The second-order valence-electron chi connectivity index (χ2n) is 7.96. The minimum absolute atomic E-state index is 0.0148. The van der Waals surface area contributed by atoms with E-state index >= 15 is 0 Å².